The molecule has 11 heteroatoms. The minimum atomic E-state index is -0.781. The fourth-order valence-electron chi connectivity index (χ4n) is 2.83. The molecular formula is C19H25BrFN5O4. The number of carbonyl (C=O) groups excluding carboxylic acids is 1. The molecule has 0 atom stereocenters. The van der Waals surface area contributed by atoms with Gasteiger partial charge in [0.15, 0.2) is 5.69 Å². The molecule has 0 bridgehead atoms. The highest BCUT2D eigenvalue weighted by atomic mass is 79.9. The van der Waals surface area contributed by atoms with Crippen molar-refractivity contribution in [3.05, 3.63) is 49.3 Å². The normalized spacial score (nSPS) is 11.0. The highest BCUT2D eigenvalue weighted by molar-refractivity contribution is 9.10. The molecule has 2 aromatic rings. The largest absolute Gasteiger partial charge is 0.383 e. The Morgan fingerprint density at radius 1 is 1.40 bits per heavy atom. The summed E-state index contributed by atoms with van der Waals surface area (Å²) in [4.78, 5) is 40.9. The first-order valence-electron chi connectivity index (χ1n) is 9.26. The number of aromatic amines is 1. The van der Waals surface area contributed by atoms with E-state index >= 15 is 0 Å². The highest BCUT2D eigenvalue weighted by Crippen LogP contribution is 2.20. The number of aromatic nitrogens is 2. The molecule has 0 aliphatic rings. The van der Waals surface area contributed by atoms with E-state index in [4.69, 9.17) is 10.5 Å². The number of H-pyrrole nitrogens is 1. The zero-order valence-electron chi connectivity index (χ0n) is 17.0. The maximum Gasteiger partial charge on any atom is 0.330 e. The van der Waals surface area contributed by atoms with Crippen molar-refractivity contribution < 1.29 is 13.9 Å². The summed E-state index contributed by atoms with van der Waals surface area (Å²) in [5.41, 5.74) is 4.67. The van der Waals surface area contributed by atoms with E-state index in [1.807, 2.05) is 13.8 Å². The van der Waals surface area contributed by atoms with Gasteiger partial charge in [0.25, 0.3) is 5.56 Å². The number of nitrogens with zero attached hydrogens (tertiary/aromatic N) is 2. The van der Waals surface area contributed by atoms with E-state index in [1.165, 1.54) is 23.8 Å². The lowest BCUT2D eigenvalue weighted by molar-refractivity contribution is -0.117. The number of carbonyl (C=O) groups is 1. The Morgan fingerprint density at radius 3 is 2.70 bits per heavy atom. The van der Waals surface area contributed by atoms with Crippen molar-refractivity contribution in [1.29, 1.82) is 0 Å². The van der Waals surface area contributed by atoms with Crippen LogP contribution in [0.2, 0.25) is 0 Å². The minimum absolute atomic E-state index is 0.0208. The third-order valence-corrected chi connectivity index (χ3v) is 4.71. The number of nitrogens with two attached hydrogens (primary N) is 1. The van der Waals surface area contributed by atoms with E-state index in [1.54, 1.807) is 6.07 Å². The van der Waals surface area contributed by atoms with Gasteiger partial charge in [-0.1, -0.05) is 29.8 Å². The summed E-state index contributed by atoms with van der Waals surface area (Å²) in [7, 11) is 1.45. The number of benzene rings is 1. The van der Waals surface area contributed by atoms with Crippen LogP contribution in [0.5, 0.6) is 0 Å². The van der Waals surface area contributed by atoms with Gasteiger partial charge < -0.3 is 20.7 Å². The van der Waals surface area contributed by atoms with Gasteiger partial charge in [-0.15, -0.1) is 0 Å². The van der Waals surface area contributed by atoms with E-state index in [2.05, 4.69) is 26.2 Å². The Labute approximate surface area is 181 Å². The maximum atomic E-state index is 14.0. The predicted octanol–water partition coefficient (Wildman–Crippen LogP) is 1.77. The van der Waals surface area contributed by atoms with E-state index in [-0.39, 0.29) is 49.4 Å². The number of hydrogen-bond acceptors (Lipinski definition) is 6. The van der Waals surface area contributed by atoms with E-state index in [0.29, 0.717) is 4.47 Å². The lowest BCUT2D eigenvalue weighted by atomic mass is 10.2. The number of ether oxygens (including phenoxy) is 1. The first-order chi connectivity index (χ1) is 14.1. The summed E-state index contributed by atoms with van der Waals surface area (Å²) in [6.45, 7) is 3.89. The lowest BCUT2D eigenvalue weighted by Gasteiger charge is -2.25. The summed E-state index contributed by atoms with van der Waals surface area (Å²) < 4.78 is 20.8. The molecule has 9 nitrogen and oxygen atoms in total. The molecule has 1 aromatic heterocycles. The van der Waals surface area contributed by atoms with E-state index in [0.717, 1.165) is 4.90 Å². The number of anilines is 3. The summed E-state index contributed by atoms with van der Waals surface area (Å²) in [5, 5.41) is 2.71. The van der Waals surface area contributed by atoms with Crippen molar-refractivity contribution in [3.8, 4) is 0 Å². The molecule has 0 aliphatic carbocycles. The van der Waals surface area contributed by atoms with Crippen LogP contribution >= 0.6 is 15.9 Å². The summed E-state index contributed by atoms with van der Waals surface area (Å²) in [6, 6.07) is 4.37. The molecule has 1 amide bonds. The summed E-state index contributed by atoms with van der Waals surface area (Å²) in [6.07, 6.45) is 0. The molecule has 0 saturated heterocycles. The van der Waals surface area contributed by atoms with Crippen molar-refractivity contribution in [2.75, 3.05) is 42.8 Å². The van der Waals surface area contributed by atoms with Crippen molar-refractivity contribution in [2.45, 2.75) is 20.4 Å². The number of nitrogen functional groups attached to an aromatic ring is 1. The number of hydrogen-bond donors (Lipinski definition) is 3. The SMILES string of the molecule is COCCN(C(=O)CNc1ccc(Br)cc1F)c1c(N)n(CC(C)C)c(=O)[nH]c1=O. The van der Waals surface area contributed by atoms with Crippen molar-refractivity contribution in [2.24, 2.45) is 5.92 Å². The van der Waals surface area contributed by atoms with Crippen LogP contribution in [0.3, 0.4) is 0 Å². The molecule has 0 fully saturated rings. The molecule has 164 valence electrons. The molecule has 0 radical (unpaired) electrons. The van der Waals surface area contributed by atoms with Gasteiger partial charge in [-0.3, -0.25) is 19.1 Å². The van der Waals surface area contributed by atoms with Crippen molar-refractivity contribution in [1.82, 2.24) is 9.55 Å². The Kier molecular flexibility index (Phi) is 8.18. The second-order valence-electron chi connectivity index (χ2n) is 7.01. The van der Waals surface area contributed by atoms with Gasteiger partial charge >= 0.3 is 5.69 Å². The van der Waals surface area contributed by atoms with Crippen molar-refractivity contribution >= 4 is 39.0 Å². The standard InChI is InChI=1S/C19H25BrFN5O4/c1-11(2)10-26-17(22)16(18(28)24-19(26)29)25(6-7-30-3)15(27)9-23-14-5-4-12(20)8-13(14)21/h4-5,8,11,23H,6-7,9-10,22H2,1-3H3,(H,24,28,29). The first-order valence-corrected chi connectivity index (χ1v) is 10.1. The number of methoxy groups -OCH3 is 1. The van der Waals surface area contributed by atoms with Crippen LogP contribution in [0.15, 0.2) is 32.3 Å². The minimum Gasteiger partial charge on any atom is -0.383 e. The quantitative estimate of drug-likeness (QED) is 0.497. The van der Waals surface area contributed by atoms with Gasteiger partial charge in [-0.25, -0.2) is 9.18 Å². The second-order valence-corrected chi connectivity index (χ2v) is 7.93. The smallest absolute Gasteiger partial charge is 0.330 e. The molecule has 0 unspecified atom stereocenters. The zero-order valence-corrected chi connectivity index (χ0v) is 18.6. The fraction of sp³-hybridized carbons (Fsp3) is 0.421. The third kappa shape index (κ3) is 5.70. The van der Waals surface area contributed by atoms with Crippen molar-refractivity contribution in [3.63, 3.8) is 0 Å². The Balaban J connectivity index is 2.38. The number of rotatable bonds is 9. The van der Waals surface area contributed by atoms with Crippen LogP contribution in [0.1, 0.15) is 13.8 Å². The van der Waals surface area contributed by atoms with Crippen LogP contribution < -0.4 is 27.2 Å². The highest BCUT2D eigenvalue weighted by Gasteiger charge is 2.24. The molecule has 1 aromatic carbocycles. The summed E-state index contributed by atoms with van der Waals surface area (Å²) in [5.74, 6) is -1.12. The lowest BCUT2D eigenvalue weighted by Crippen LogP contribution is -2.44. The molecule has 0 spiro atoms. The number of halogens is 2. The van der Waals surface area contributed by atoms with E-state index < -0.39 is 23.0 Å². The number of nitrogens with one attached hydrogen (secondary N) is 2. The molecule has 30 heavy (non-hydrogen) atoms. The molecule has 0 saturated carbocycles. The van der Waals surface area contributed by atoms with Gasteiger partial charge in [-0.2, -0.15) is 0 Å². The van der Waals surface area contributed by atoms with Crippen LogP contribution in [-0.2, 0) is 16.1 Å². The monoisotopic (exact) mass is 485 g/mol. The maximum absolute atomic E-state index is 14.0. The van der Waals surface area contributed by atoms with E-state index in [9.17, 15) is 18.8 Å². The van der Waals surface area contributed by atoms with Crippen LogP contribution in [-0.4, -0.2) is 42.3 Å². The third-order valence-electron chi connectivity index (χ3n) is 4.21. The second kappa shape index (κ2) is 10.4. The Bertz CT molecular complexity index is 1020. The van der Waals surface area contributed by atoms with Gasteiger partial charge in [0.1, 0.15) is 11.6 Å². The van der Waals surface area contributed by atoms with Crippen LogP contribution in [0.25, 0.3) is 0 Å². The molecule has 0 aliphatic heterocycles. The number of amides is 1. The summed E-state index contributed by atoms with van der Waals surface area (Å²) >= 11 is 3.17. The average Bonchev–Trinajstić information content (AvgIpc) is 2.66. The topological polar surface area (TPSA) is 122 Å². The molecule has 1 heterocycles. The van der Waals surface area contributed by atoms with Gasteiger partial charge in [0, 0.05) is 24.7 Å². The molecular weight excluding hydrogens is 461 g/mol. The van der Waals surface area contributed by atoms with Gasteiger partial charge in [0.2, 0.25) is 5.91 Å². The Hall–Kier alpha value is -2.66. The van der Waals surface area contributed by atoms with Crippen LogP contribution in [0, 0.1) is 11.7 Å². The van der Waals surface area contributed by atoms with Gasteiger partial charge in [0.05, 0.1) is 18.8 Å². The molecule has 2 rings (SSSR count). The molecule has 4 N–H and O–H groups in total. The zero-order chi connectivity index (χ0) is 22.4. The first kappa shape index (κ1) is 23.6. The van der Waals surface area contributed by atoms with Gasteiger partial charge in [-0.05, 0) is 24.1 Å². The average molecular weight is 486 g/mol. The predicted molar refractivity (Wildman–Crippen MR) is 117 cm³/mol. The Morgan fingerprint density at radius 2 is 2.10 bits per heavy atom. The van der Waals surface area contributed by atoms with Crippen LogP contribution in [0.4, 0.5) is 21.6 Å². The fourth-order valence-corrected chi connectivity index (χ4v) is 3.16.